The number of halogens is 1. The molecule has 0 radical (unpaired) electrons. The number of nitrogens with one attached hydrogen (secondary N) is 3. The Morgan fingerprint density at radius 2 is 2.00 bits per heavy atom. The monoisotopic (exact) mass is 325 g/mol. The van der Waals surface area contributed by atoms with Crippen molar-refractivity contribution in [3.8, 4) is 0 Å². The molecule has 1 atom stereocenters. The third-order valence-corrected chi connectivity index (χ3v) is 3.62. The maximum atomic E-state index is 12.1. The van der Waals surface area contributed by atoms with Crippen LogP contribution in [0.15, 0.2) is 24.3 Å². The van der Waals surface area contributed by atoms with E-state index in [2.05, 4.69) is 16.0 Å². The predicted molar refractivity (Wildman–Crippen MR) is 90.5 cm³/mol. The van der Waals surface area contributed by atoms with Crippen LogP contribution in [0.5, 0.6) is 0 Å². The highest BCUT2D eigenvalue weighted by molar-refractivity contribution is 5.96. The van der Waals surface area contributed by atoms with Crippen LogP contribution in [0.1, 0.15) is 36.5 Å². The van der Waals surface area contributed by atoms with E-state index in [0.717, 1.165) is 38.0 Å². The molecule has 1 heterocycles. The van der Waals surface area contributed by atoms with Crippen molar-refractivity contribution >= 4 is 29.9 Å². The Hall–Kier alpha value is -1.59. The number of anilines is 1. The lowest BCUT2D eigenvalue weighted by Gasteiger charge is -2.21. The van der Waals surface area contributed by atoms with Crippen molar-refractivity contribution in [1.29, 1.82) is 0 Å². The zero-order chi connectivity index (χ0) is 15.1. The van der Waals surface area contributed by atoms with Gasteiger partial charge in [0.25, 0.3) is 5.91 Å². The van der Waals surface area contributed by atoms with Gasteiger partial charge in [-0.25, -0.2) is 0 Å². The number of rotatable bonds is 5. The molecule has 1 unspecified atom stereocenters. The number of piperidine rings is 1. The maximum Gasteiger partial charge on any atom is 0.251 e. The summed E-state index contributed by atoms with van der Waals surface area (Å²) in [6, 6.07) is 7.02. The van der Waals surface area contributed by atoms with Crippen LogP contribution in [0.2, 0.25) is 0 Å². The molecular weight excluding hydrogens is 302 g/mol. The standard InChI is InChI=1S/C16H23N3O2.ClH/c1-2-9-18-15(20)12-5-7-14(8-6-12)19-16(21)13-4-3-10-17-11-13;/h5-8,13,17H,2-4,9-11H2,1H3,(H,18,20)(H,19,21);1H. The molecule has 1 aromatic rings. The average Bonchev–Trinajstić information content (AvgIpc) is 2.54. The number of carbonyl (C=O) groups excluding carboxylic acids is 2. The summed E-state index contributed by atoms with van der Waals surface area (Å²) < 4.78 is 0. The van der Waals surface area contributed by atoms with Crippen LogP contribution in [0.25, 0.3) is 0 Å². The zero-order valence-corrected chi connectivity index (χ0v) is 13.7. The molecular formula is C16H24ClN3O2. The van der Waals surface area contributed by atoms with Crippen LogP contribution in [0.3, 0.4) is 0 Å². The summed E-state index contributed by atoms with van der Waals surface area (Å²) in [5.74, 6) is 0.00266. The smallest absolute Gasteiger partial charge is 0.251 e. The molecule has 0 aromatic heterocycles. The summed E-state index contributed by atoms with van der Waals surface area (Å²) in [6.07, 6.45) is 2.88. The highest BCUT2D eigenvalue weighted by Gasteiger charge is 2.20. The minimum Gasteiger partial charge on any atom is -0.352 e. The van der Waals surface area contributed by atoms with E-state index in [4.69, 9.17) is 0 Å². The zero-order valence-electron chi connectivity index (χ0n) is 12.9. The average molecular weight is 326 g/mol. The molecule has 2 amide bonds. The summed E-state index contributed by atoms with van der Waals surface area (Å²) >= 11 is 0. The number of hydrogen-bond acceptors (Lipinski definition) is 3. The van der Waals surface area contributed by atoms with Gasteiger partial charge in [-0.05, 0) is 50.1 Å². The molecule has 2 rings (SSSR count). The van der Waals surface area contributed by atoms with Gasteiger partial charge in [0, 0.05) is 24.3 Å². The Bertz CT molecular complexity index is 485. The van der Waals surface area contributed by atoms with Crippen LogP contribution in [0, 0.1) is 5.92 Å². The van der Waals surface area contributed by atoms with E-state index in [9.17, 15) is 9.59 Å². The maximum absolute atomic E-state index is 12.1. The molecule has 0 spiro atoms. The molecule has 6 heteroatoms. The number of amides is 2. The molecule has 1 aromatic carbocycles. The van der Waals surface area contributed by atoms with Crippen molar-refractivity contribution < 1.29 is 9.59 Å². The number of benzene rings is 1. The summed E-state index contributed by atoms with van der Waals surface area (Å²) in [6.45, 7) is 4.42. The normalized spacial score (nSPS) is 17.2. The van der Waals surface area contributed by atoms with Crippen molar-refractivity contribution in [2.75, 3.05) is 25.0 Å². The fraction of sp³-hybridized carbons (Fsp3) is 0.500. The van der Waals surface area contributed by atoms with E-state index >= 15 is 0 Å². The first kappa shape index (κ1) is 18.5. The van der Waals surface area contributed by atoms with Crippen LogP contribution < -0.4 is 16.0 Å². The van der Waals surface area contributed by atoms with Crippen molar-refractivity contribution in [3.05, 3.63) is 29.8 Å². The summed E-state index contributed by atoms with van der Waals surface area (Å²) in [7, 11) is 0. The second-order valence-corrected chi connectivity index (χ2v) is 5.37. The third kappa shape index (κ3) is 5.31. The quantitative estimate of drug-likeness (QED) is 0.777. The van der Waals surface area contributed by atoms with Gasteiger partial charge in [-0.15, -0.1) is 12.4 Å². The van der Waals surface area contributed by atoms with Crippen LogP contribution in [-0.2, 0) is 4.79 Å². The molecule has 5 nitrogen and oxygen atoms in total. The summed E-state index contributed by atoms with van der Waals surface area (Å²) in [5, 5.41) is 8.97. The summed E-state index contributed by atoms with van der Waals surface area (Å²) in [4.78, 5) is 23.9. The second kappa shape index (κ2) is 9.43. The van der Waals surface area contributed by atoms with E-state index < -0.39 is 0 Å². The molecule has 122 valence electrons. The lowest BCUT2D eigenvalue weighted by Crippen LogP contribution is -2.37. The van der Waals surface area contributed by atoms with E-state index in [-0.39, 0.29) is 30.1 Å². The lowest BCUT2D eigenvalue weighted by molar-refractivity contribution is -0.120. The van der Waals surface area contributed by atoms with Crippen molar-refractivity contribution in [3.63, 3.8) is 0 Å². The van der Waals surface area contributed by atoms with Gasteiger partial charge in [0.05, 0.1) is 5.92 Å². The van der Waals surface area contributed by atoms with Gasteiger partial charge in [-0.2, -0.15) is 0 Å². The largest absolute Gasteiger partial charge is 0.352 e. The number of hydrogen-bond donors (Lipinski definition) is 3. The molecule has 1 aliphatic rings. The molecule has 1 aliphatic heterocycles. The minimum absolute atomic E-state index is 0. The highest BCUT2D eigenvalue weighted by atomic mass is 35.5. The Balaban J connectivity index is 0.00000242. The molecule has 0 saturated carbocycles. The van der Waals surface area contributed by atoms with Gasteiger partial charge in [0.15, 0.2) is 0 Å². The third-order valence-electron chi connectivity index (χ3n) is 3.62. The van der Waals surface area contributed by atoms with Crippen molar-refractivity contribution in [2.24, 2.45) is 5.92 Å². The van der Waals surface area contributed by atoms with Crippen molar-refractivity contribution in [2.45, 2.75) is 26.2 Å². The fourth-order valence-electron chi connectivity index (χ4n) is 2.37. The first-order chi connectivity index (χ1) is 10.2. The molecule has 0 bridgehead atoms. The van der Waals surface area contributed by atoms with E-state index in [1.165, 1.54) is 0 Å². The SMILES string of the molecule is CCCNC(=O)c1ccc(NC(=O)C2CCCNC2)cc1.Cl. The van der Waals surface area contributed by atoms with Crippen molar-refractivity contribution in [1.82, 2.24) is 10.6 Å². The topological polar surface area (TPSA) is 70.2 Å². The highest BCUT2D eigenvalue weighted by Crippen LogP contribution is 2.15. The second-order valence-electron chi connectivity index (χ2n) is 5.37. The Kier molecular flexibility index (Phi) is 7.91. The van der Waals surface area contributed by atoms with Crippen LogP contribution >= 0.6 is 12.4 Å². The van der Waals surface area contributed by atoms with Gasteiger partial charge >= 0.3 is 0 Å². The fourth-order valence-corrected chi connectivity index (χ4v) is 2.37. The molecule has 22 heavy (non-hydrogen) atoms. The van der Waals surface area contributed by atoms with Gasteiger partial charge < -0.3 is 16.0 Å². The molecule has 1 fully saturated rings. The van der Waals surface area contributed by atoms with E-state index in [0.29, 0.717) is 12.1 Å². The predicted octanol–water partition coefficient (Wildman–Crippen LogP) is 2.19. The Labute approximate surface area is 137 Å². The Morgan fingerprint density at radius 1 is 1.27 bits per heavy atom. The van der Waals surface area contributed by atoms with Crippen LogP contribution in [-0.4, -0.2) is 31.4 Å². The van der Waals surface area contributed by atoms with Gasteiger partial charge in [-0.1, -0.05) is 6.92 Å². The van der Waals surface area contributed by atoms with Gasteiger partial charge in [0.1, 0.15) is 0 Å². The van der Waals surface area contributed by atoms with Gasteiger partial charge in [-0.3, -0.25) is 9.59 Å². The Morgan fingerprint density at radius 3 is 2.59 bits per heavy atom. The number of carbonyl (C=O) groups is 2. The first-order valence-corrected chi connectivity index (χ1v) is 7.60. The first-order valence-electron chi connectivity index (χ1n) is 7.60. The lowest BCUT2D eigenvalue weighted by atomic mass is 9.99. The van der Waals surface area contributed by atoms with E-state index in [1.807, 2.05) is 6.92 Å². The molecule has 0 aliphatic carbocycles. The summed E-state index contributed by atoms with van der Waals surface area (Å²) in [5.41, 5.74) is 1.35. The van der Waals surface area contributed by atoms with E-state index in [1.54, 1.807) is 24.3 Å². The van der Waals surface area contributed by atoms with Crippen LogP contribution in [0.4, 0.5) is 5.69 Å². The van der Waals surface area contributed by atoms with Gasteiger partial charge in [0.2, 0.25) is 5.91 Å². The molecule has 1 saturated heterocycles. The minimum atomic E-state index is -0.0776. The molecule has 3 N–H and O–H groups in total.